The van der Waals surface area contributed by atoms with Crippen LogP contribution in [0.3, 0.4) is 0 Å². The van der Waals surface area contributed by atoms with E-state index in [1.54, 1.807) is 0 Å². The number of halogens is 2. The quantitative estimate of drug-likeness (QED) is 0.573. The largest absolute Gasteiger partial charge is 0.370 e. The van der Waals surface area contributed by atoms with Crippen molar-refractivity contribution in [1.29, 1.82) is 0 Å². The molecule has 35 heavy (non-hydrogen) atoms. The summed E-state index contributed by atoms with van der Waals surface area (Å²) in [5.74, 6) is -2.33. The Bertz CT molecular complexity index is 1260. The van der Waals surface area contributed by atoms with Crippen molar-refractivity contribution < 1.29 is 18.4 Å². The molecule has 2 atom stereocenters. The first kappa shape index (κ1) is 24.1. The second-order valence-electron chi connectivity index (χ2n) is 8.47. The molecule has 8 heteroatoms. The van der Waals surface area contributed by atoms with Gasteiger partial charge in [0, 0.05) is 29.4 Å². The van der Waals surface area contributed by atoms with Gasteiger partial charge in [0.25, 0.3) is 0 Å². The molecular formula is C27H26F2N4O2. The number of nitrogens with zero attached hydrogens (tertiary/aromatic N) is 2. The van der Waals surface area contributed by atoms with Crippen molar-refractivity contribution in [3.63, 3.8) is 0 Å². The summed E-state index contributed by atoms with van der Waals surface area (Å²) < 4.78 is 27.2. The number of para-hydroxylation sites is 1. The molecule has 0 bridgehead atoms. The van der Waals surface area contributed by atoms with Gasteiger partial charge in [0.1, 0.15) is 23.8 Å². The lowest BCUT2D eigenvalue weighted by Crippen LogP contribution is -2.50. The molecule has 0 radical (unpaired) electrons. The molecule has 2 amide bonds. The zero-order valence-electron chi connectivity index (χ0n) is 19.5. The maximum absolute atomic E-state index is 13.9. The smallest absolute Gasteiger partial charge is 0.243 e. The maximum atomic E-state index is 13.9. The first-order valence-electron chi connectivity index (χ1n) is 11.3. The third-order valence-corrected chi connectivity index (χ3v) is 5.79. The van der Waals surface area contributed by atoms with E-state index in [0.29, 0.717) is 6.54 Å². The Kier molecular flexibility index (Phi) is 7.19. The molecule has 0 aromatic heterocycles. The van der Waals surface area contributed by atoms with Crippen LogP contribution in [-0.2, 0) is 16.0 Å². The van der Waals surface area contributed by atoms with Crippen LogP contribution in [0.5, 0.6) is 0 Å². The van der Waals surface area contributed by atoms with Gasteiger partial charge in [-0.1, -0.05) is 48.5 Å². The van der Waals surface area contributed by atoms with Gasteiger partial charge in [-0.2, -0.15) is 0 Å². The molecule has 1 unspecified atom stereocenters. The molecule has 1 aliphatic rings. The molecule has 0 spiro atoms. The summed E-state index contributed by atoms with van der Waals surface area (Å²) in [6.07, 6.45) is -0.950. The molecular weight excluding hydrogens is 450 g/mol. The van der Waals surface area contributed by atoms with Crippen LogP contribution in [0.25, 0.3) is 0 Å². The highest BCUT2D eigenvalue weighted by atomic mass is 19.1. The van der Waals surface area contributed by atoms with E-state index in [-0.39, 0.29) is 12.0 Å². The summed E-state index contributed by atoms with van der Waals surface area (Å²) in [4.78, 5) is 32.2. The van der Waals surface area contributed by atoms with E-state index in [9.17, 15) is 18.4 Å². The number of benzene rings is 3. The number of aliphatic imine (C=N–C) groups is 1. The van der Waals surface area contributed by atoms with E-state index in [2.05, 4.69) is 10.6 Å². The van der Waals surface area contributed by atoms with Crippen LogP contribution in [0.15, 0.2) is 77.8 Å². The zero-order chi connectivity index (χ0) is 24.9. The third-order valence-electron chi connectivity index (χ3n) is 5.79. The Morgan fingerprint density at radius 2 is 1.77 bits per heavy atom. The zero-order valence-corrected chi connectivity index (χ0v) is 19.5. The number of likely N-dealkylation sites (N-methyl/N-ethyl adjacent to an activating group) is 1. The van der Waals surface area contributed by atoms with Crippen molar-refractivity contribution in [1.82, 2.24) is 10.6 Å². The molecule has 180 valence electrons. The summed E-state index contributed by atoms with van der Waals surface area (Å²) in [6.45, 7) is 1.96. The first-order chi connectivity index (χ1) is 16.8. The molecule has 0 aliphatic carbocycles. The minimum atomic E-state index is -0.898. The molecule has 4 rings (SSSR count). The molecule has 2 N–H and O–H groups in total. The Hall–Kier alpha value is -4.07. The monoisotopic (exact) mass is 476 g/mol. The lowest BCUT2D eigenvalue weighted by atomic mass is 10.0. The van der Waals surface area contributed by atoms with Crippen molar-refractivity contribution in [3.8, 4) is 0 Å². The minimum Gasteiger partial charge on any atom is -0.370 e. The number of carbonyl (C=O) groups is 2. The average molecular weight is 477 g/mol. The number of rotatable bonds is 6. The SMILES string of the molecule is CC(NC(=O)Cc1cc(F)ccc1F)C(=O)N[C@@H]1CN(C)c2ccccc2C(c2ccccc2)=N1. The number of nitrogens with one attached hydrogen (secondary N) is 2. The highest BCUT2D eigenvalue weighted by Gasteiger charge is 2.25. The van der Waals surface area contributed by atoms with Crippen molar-refractivity contribution >= 4 is 23.2 Å². The van der Waals surface area contributed by atoms with Crippen LogP contribution in [0.4, 0.5) is 14.5 Å². The predicted molar refractivity (Wildman–Crippen MR) is 131 cm³/mol. The second kappa shape index (κ2) is 10.5. The minimum absolute atomic E-state index is 0.0737. The van der Waals surface area contributed by atoms with Gasteiger partial charge in [0.2, 0.25) is 11.8 Å². The van der Waals surface area contributed by atoms with Crippen molar-refractivity contribution in [3.05, 3.63) is 101 Å². The predicted octanol–water partition coefficient (Wildman–Crippen LogP) is 3.44. The van der Waals surface area contributed by atoms with Crippen LogP contribution < -0.4 is 15.5 Å². The molecule has 0 saturated carbocycles. The maximum Gasteiger partial charge on any atom is 0.243 e. The molecule has 6 nitrogen and oxygen atoms in total. The van der Waals surface area contributed by atoms with Gasteiger partial charge in [-0.3, -0.25) is 14.6 Å². The third kappa shape index (κ3) is 5.71. The second-order valence-corrected chi connectivity index (χ2v) is 8.47. The van der Waals surface area contributed by atoms with Crippen molar-refractivity contribution in [2.24, 2.45) is 4.99 Å². The summed E-state index contributed by atoms with van der Waals surface area (Å²) >= 11 is 0. The Morgan fingerprint density at radius 3 is 2.54 bits per heavy atom. The molecule has 1 heterocycles. The summed E-state index contributed by atoms with van der Waals surface area (Å²) in [7, 11) is 1.93. The number of hydrogen-bond donors (Lipinski definition) is 2. The van der Waals surface area contributed by atoms with Gasteiger partial charge in [-0.25, -0.2) is 8.78 Å². The van der Waals surface area contributed by atoms with Crippen LogP contribution in [0.2, 0.25) is 0 Å². The number of hydrogen-bond acceptors (Lipinski definition) is 4. The van der Waals surface area contributed by atoms with Crippen molar-refractivity contribution in [2.75, 3.05) is 18.5 Å². The van der Waals surface area contributed by atoms with E-state index in [4.69, 9.17) is 4.99 Å². The molecule has 0 fully saturated rings. The summed E-state index contributed by atoms with van der Waals surface area (Å²) in [5.41, 5.74) is 3.55. The highest BCUT2D eigenvalue weighted by molar-refractivity contribution is 6.16. The first-order valence-corrected chi connectivity index (χ1v) is 11.3. The fourth-order valence-electron chi connectivity index (χ4n) is 4.03. The number of carbonyl (C=O) groups excluding carboxylic acids is 2. The van der Waals surface area contributed by atoms with Crippen LogP contribution >= 0.6 is 0 Å². The number of benzodiazepines with no additional fused rings is 1. The summed E-state index contributed by atoms with van der Waals surface area (Å²) in [6, 6.07) is 19.7. The molecule has 0 saturated heterocycles. The van der Waals surface area contributed by atoms with Gasteiger partial charge in [0.15, 0.2) is 0 Å². The Morgan fingerprint density at radius 1 is 1.06 bits per heavy atom. The number of amides is 2. The number of fused-ring (bicyclic) bond motifs is 1. The Balaban J connectivity index is 1.49. The Labute approximate surface area is 202 Å². The van der Waals surface area contributed by atoms with E-state index < -0.39 is 35.7 Å². The van der Waals surface area contributed by atoms with Gasteiger partial charge in [-0.15, -0.1) is 0 Å². The molecule has 3 aromatic carbocycles. The van der Waals surface area contributed by atoms with Gasteiger partial charge >= 0.3 is 0 Å². The van der Waals surface area contributed by atoms with E-state index >= 15 is 0 Å². The van der Waals surface area contributed by atoms with E-state index in [0.717, 1.165) is 40.7 Å². The fraction of sp³-hybridized carbons (Fsp3) is 0.222. The van der Waals surface area contributed by atoms with Crippen molar-refractivity contribution in [2.45, 2.75) is 25.6 Å². The van der Waals surface area contributed by atoms with Gasteiger partial charge in [-0.05, 0) is 31.2 Å². The lowest BCUT2D eigenvalue weighted by molar-refractivity contribution is -0.128. The van der Waals surface area contributed by atoms with Gasteiger partial charge < -0.3 is 15.5 Å². The number of anilines is 1. The van der Waals surface area contributed by atoms with Crippen LogP contribution in [-0.4, -0.2) is 43.3 Å². The fourth-order valence-corrected chi connectivity index (χ4v) is 4.03. The molecule has 1 aliphatic heterocycles. The van der Waals surface area contributed by atoms with Crippen LogP contribution in [0.1, 0.15) is 23.6 Å². The molecule has 3 aromatic rings. The van der Waals surface area contributed by atoms with E-state index in [1.807, 2.05) is 66.5 Å². The lowest BCUT2D eigenvalue weighted by Gasteiger charge is -2.24. The normalized spacial score (nSPS) is 15.9. The highest BCUT2D eigenvalue weighted by Crippen LogP contribution is 2.26. The van der Waals surface area contributed by atoms with E-state index in [1.165, 1.54) is 6.92 Å². The topological polar surface area (TPSA) is 73.8 Å². The standard InChI is InChI=1S/C27H26F2N4O2/c1-17(30-25(34)15-19-14-20(28)12-13-22(19)29)27(35)32-24-16-33(2)23-11-7-6-10-21(23)26(31-24)18-8-4-3-5-9-18/h3-14,17,24H,15-16H2,1-2H3,(H,30,34)(H,32,35)/t17?,24-/m1/s1. The average Bonchev–Trinajstić information content (AvgIpc) is 2.98. The summed E-state index contributed by atoms with van der Waals surface area (Å²) in [5, 5.41) is 5.45. The van der Waals surface area contributed by atoms with Crippen LogP contribution in [0, 0.1) is 11.6 Å². The van der Waals surface area contributed by atoms with Gasteiger partial charge in [0.05, 0.1) is 18.7 Å².